The van der Waals surface area contributed by atoms with Gasteiger partial charge in [-0.1, -0.05) is 27.9 Å². The number of aromatic nitrogens is 2. The Kier molecular flexibility index (Phi) is 9.46. The summed E-state index contributed by atoms with van der Waals surface area (Å²) in [5.41, 5.74) is -4.35. The summed E-state index contributed by atoms with van der Waals surface area (Å²) >= 11 is 12.1. The summed E-state index contributed by atoms with van der Waals surface area (Å²) in [6, 6.07) is 3.87. The van der Waals surface area contributed by atoms with Crippen molar-refractivity contribution in [2.45, 2.75) is 57.2 Å². The van der Waals surface area contributed by atoms with Gasteiger partial charge in [-0.05, 0) is 39.0 Å². The van der Waals surface area contributed by atoms with Crippen LogP contribution < -0.4 is 20.9 Å². The molecule has 1 aliphatic heterocycles. The highest BCUT2D eigenvalue weighted by atomic mass is 35.5. The van der Waals surface area contributed by atoms with Crippen LogP contribution in [0.4, 0.5) is 4.39 Å². The van der Waals surface area contributed by atoms with Crippen molar-refractivity contribution in [3.05, 3.63) is 61.3 Å². The number of ether oxygens (including phenoxy) is 3. The van der Waals surface area contributed by atoms with E-state index in [-0.39, 0.29) is 22.4 Å². The molecule has 1 saturated heterocycles. The highest BCUT2D eigenvalue weighted by Crippen LogP contribution is 2.44. The lowest BCUT2D eigenvalue weighted by Crippen LogP contribution is -2.46. The average Bonchev–Trinajstić information content (AvgIpc) is 3.04. The molecule has 1 aromatic heterocycles. The molecule has 7 atom stereocenters. The van der Waals surface area contributed by atoms with Crippen LogP contribution in [0.2, 0.25) is 10.0 Å². The number of alkyl halides is 1. The van der Waals surface area contributed by atoms with Crippen LogP contribution >= 0.6 is 31.4 Å². The first-order valence-corrected chi connectivity index (χ1v) is 12.7. The first-order chi connectivity index (χ1) is 17.3. The monoisotopic (exact) mass is 581 g/mol. The number of aliphatic hydroxyl groups excluding tert-OH is 1. The topological polar surface area (TPSA) is 164 Å². The Morgan fingerprint density at radius 3 is 2.73 bits per heavy atom. The summed E-state index contributed by atoms with van der Waals surface area (Å²) in [6.45, 7) is 3.93. The molecule has 0 amide bonds. The molecular formula is C21H23Cl2FN3O9P. The maximum absolute atomic E-state index is 15.7. The normalized spacial score (nSPS) is 25.5. The SMILES string of the molecule is CCOC(=O)[C@H](C)N=[P+]([O-])OC(Oc1ccc(Cl)cc1Cl)[C@@H]1O[C@@H](n2ccc(=O)[nH]c2=O)[C@](C)(F)[C@@H]1O. The smallest absolute Gasteiger partial charge is 0.346 e. The van der Waals surface area contributed by atoms with Crippen LogP contribution in [0.15, 0.2) is 44.8 Å². The molecule has 0 bridgehead atoms. The second kappa shape index (κ2) is 12.0. The zero-order chi connectivity index (χ0) is 27.5. The van der Waals surface area contributed by atoms with Crippen molar-refractivity contribution in [2.24, 2.45) is 4.74 Å². The van der Waals surface area contributed by atoms with Gasteiger partial charge in [0.25, 0.3) is 11.8 Å². The molecule has 1 aliphatic rings. The van der Waals surface area contributed by atoms with E-state index in [4.69, 9.17) is 41.9 Å². The van der Waals surface area contributed by atoms with Gasteiger partial charge in [-0.2, -0.15) is 0 Å². The average molecular weight is 582 g/mol. The fraction of sp³-hybridized carbons (Fsp3) is 0.476. The number of H-pyrrole nitrogens is 1. The third kappa shape index (κ3) is 6.74. The van der Waals surface area contributed by atoms with Crippen LogP contribution in [0, 0.1) is 0 Å². The van der Waals surface area contributed by atoms with Gasteiger partial charge in [0, 0.05) is 17.3 Å². The van der Waals surface area contributed by atoms with Gasteiger partial charge >= 0.3 is 19.8 Å². The van der Waals surface area contributed by atoms with Crippen LogP contribution in [-0.2, 0) is 18.8 Å². The third-order valence-electron chi connectivity index (χ3n) is 5.26. The Morgan fingerprint density at radius 1 is 1.41 bits per heavy atom. The minimum absolute atomic E-state index is 0.00272. The molecule has 2 N–H and O–H groups in total. The lowest BCUT2D eigenvalue weighted by molar-refractivity contribution is -0.206. The number of carbonyl (C=O) groups is 1. The number of aliphatic hydroxyl groups is 1. The molecule has 2 unspecified atom stereocenters. The van der Waals surface area contributed by atoms with Crippen molar-refractivity contribution in [1.29, 1.82) is 0 Å². The molecule has 0 aliphatic carbocycles. The summed E-state index contributed by atoms with van der Waals surface area (Å²) in [7, 11) is -3.01. The predicted octanol–water partition coefficient (Wildman–Crippen LogP) is 2.06. The lowest BCUT2D eigenvalue weighted by atomic mass is 9.98. The maximum Gasteiger partial charge on any atom is 0.346 e. The van der Waals surface area contributed by atoms with E-state index >= 15 is 4.39 Å². The Morgan fingerprint density at radius 2 is 2.11 bits per heavy atom. The molecule has 202 valence electrons. The van der Waals surface area contributed by atoms with Crippen LogP contribution in [0.1, 0.15) is 27.0 Å². The minimum Gasteiger partial charge on any atom is -0.583 e. The lowest BCUT2D eigenvalue weighted by Gasteiger charge is -2.25. The van der Waals surface area contributed by atoms with Crippen LogP contribution in [0.3, 0.4) is 0 Å². The first kappa shape index (κ1) is 29.2. The van der Waals surface area contributed by atoms with Gasteiger partial charge in [0.05, 0.1) is 11.6 Å². The second-order valence-corrected chi connectivity index (χ2v) is 9.78. The fourth-order valence-corrected chi connectivity index (χ4v) is 4.62. The Bertz CT molecular complexity index is 1290. The fourth-order valence-electron chi connectivity index (χ4n) is 3.40. The summed E-state index contributed by atoms with van der Waals surface area (Å²) in [6.07, 6.45) is -6.27. The summed E-state index contributed by atoms with van der Waals surface area (Å²) in [5, 5.41) is 11.1. The van der Waals surface area contributed by atoms with Crippen molar-refractivity contribution in [3.8, 4) is 5.75 Å². The Balaban J connectivity index is 1.97. The minimum atomic E-state index is -3.01. The van der Waals surface area contributed by atoms with E-state index in [9.17, 15) is 24.4 Å². The van der Waals surface area contributed by atoms with E-state index in [0.717, 1.165) is 23.8 Å². The van der Waals surface area contributed by atoms with E-state index in [1.807, 2.05) is 4.98 Å². The Hall–Kier alpha value is -2.38. The number of halogens is 3. The van der Waals surface area contributed by atoms with Crippen molar-refractivity contribution in [2.75, 3.05) is 6.61 Å². The first-order valence-electron chi connectivity index (χ1n) is 10.8. The van der Waals surface area contributed by atoms with Crippen LogP contribution in [-0.4, -0.2) is 57.4 Å². The third-order valence-corrected chi connectivity index (χ3v) is 6.71. The van der Waals surface area contributed by atoms with Crippen molar-refractivity contribution < 1.29 is 37.9 Å². The van der Waals surface area contributed by atoms with Crippen LogP contribution in [0.25, 0.3) is 0 Å². The van der Waals surface area contributed by atoms with Gasteiger partial charge in [0.2, 0.25) is 0 Å². The van der Waals surface area contributed by atoms with E-state index in [1.54, 1.807) is 6.92 Å². The zero-order valence-corrected chi connectivity index (χ0v) is 22.1. The molecule has 0 saturated carbocycles. The Labute approximate surface area is 220 Å². The number of nitrogens with one attached hydrogen (secondary N) is 1. The van der Waals surface area contributed by atoms with Crippen molar-refractivity contribution in [3.63, 3.8) is 0 Å². The highest BCUT2D eigenvalue weighted by Gasteiger charge is 2.59. The molecule has 12 nitrogen and oxygen atoms in total. The quantitative estimate of drug-likeness (QED) is 0.256. The maximum atomic E-state index is 15.7. The molecule has 3 rings (SSSR count). The number of esters is 1. The zero-order valence-electron chi connectivity index (χ0n) is 19.7. The van der Waals surface area contributed by atoms with Gasteiger partial charge in [-0.3, -0.25) is 14.3 Å². The van der Waals surface area contributed by atoms with Gasteiger partial charge in [0.15, 0.2) is 24.0 Å². The second-order valence-electron chi connectivity index (χ2n) is 8.01. The van der Waals surface area contributed by atoms with Gasteiger partial charge in [0.1, 0.15) is 11.9 Å². The molecule has 16 heteroatoms. The standard InChI is InChI=1S/C21H23Cl2FN3O9P/c1-4-33-17(30)10(2)26-37(32)36-18(34-13-6-5-11(22)9-12(13)23)15-16(29)21(3,24)19(35-15)27-8-7-14(28)25-20(27)31/h5-10,15-16,18-19,29H,4H2,1-3H3,(H,25,28,31)/t10-,15+,16+,18?,19+,21+/m0/s1. The number of rotatable bonds is 9. The molecule has 0 radical (unpaired) electrons. The number of hydrogen-bond donors (Lipinski definition) is 2. The van der Waals surface area contributed by atoms with Crippen molar-refractivity contribution >= 4 is 37.3 Å². The van der Waals surface area contributed by atoms with E-state index in [2.05, 4.69) is 4.74 Å². The summed E-state index contributed by atoms with van der Waals surface area (Å²) in [5.74, 6) is -0.822. The molecule has 1 fully saturated rings. The molecule has 1 aromatic carbocycles. The number of nitrogens with zero attached hydrogens (tertiary/aromatic N) is 2. The molecular weight excluding hydrogens is 559 g/mol. The molecule has 0 spiro atoms. The largest absolute Gasteiger partial charge is 0.583 e. The van der Waals surface area contributed by atoms with Gasteiger partial charge in [-0.15, -0.1) is 4.52 Å². The molecule has 2 heterocycles. The van der Waals surface area contributed by atoms with Crippen molar-refractivity contribution in [1.82, 2.24) is 9.55 Å². The van der Waals surface area contributed by atoms with Crippen LogP contribution in [0.5, 0.6) is 5.75 Å². The number of aromatic amines is 1. The predicted molar refractivity (Wildman–Crippen MR) is 128 cm³/mol. The van der Waals surface area contributed by atoms with E-state index in [0.29, 0.717) is 0 Å². The number of carbonyl (C=O) groups excluding carboxylic acids is 1. The van der Waals surface area contributed by atoms with E-state index in [1.165, 1.54) is 25.1 Å². The molecule has 37 heavy (non-hydrogen) atoms. The number of benzene rings is 1. The van der Waals surface area contributed by atoms with E-state index < -0.39 is 61.8 Å². The number of hydrogen-bond acceptors (Lipinski definition) is 10. The van der Waals surface area contributed by atoms with Gasteiger partial charge in [-0.25, -0.2) is 14.0 Å². The summed E-state index contributed by atoms with van der Waals surface area (Å²) in [4.78, 5) is 50.2. The summed E-state index contributed by atoms with van der Waals surface area (Å²) < 4.78 is 41.6. The molecule has 2 aromatic rings. The highest BCUT2D eigenvalue weighted by molar-refractivity contribution is 7.33. The van der Waals surface area contributed by atoms with Gasteiger partial charge < -0.3 is 24.2 Å².